The van der Waals surface area contributed by atoms with Crippen molar-refractivity contribution >= 4 is 28.9 Å². The lowest BCUT2D eigenvalue weighted by Crippen LogP contribution is -2.62. The fourth-order valence-electron chi connectivity index (χ4n) is 8.41. The number of nitrogens with zero attached hydrogens (tertiary/aromatic N) is 1. The second-order valence-electron chi connectivity index (χ2n) is 12.1. The third kappa shape index (κ3) is 3.99. The highest BCUT2D eigenvalue weighted by Gasteiger charge is 2.68. The van der Waals surface area contributed by atoms with Gasteiger partial charge in [-0.1, -0.05) is 44.0 Å². The molecule has 1 aromatic carbocycles. The number of allylic oxidation sites excluding steroid dienone is 4. The predicted octanol–water partition coefficient (Wildman–Crippen LogP) is 4.59. The van der Waals surface area contributed by atoms with Crippen LogP contribution in [0.3, 0.4) is 0 Å². The van der Waals surface area contributed by atoms with E-state index in [0.717, 1.165) is 12.0 Å². The molecule has 9 heteroatoms. The van der Waals surface area contributed by atoms with Gasteiger partial charge in [0.1, 0.15) is 12.2 Å². The highest BCUT2D eigenvalue weighted by molar-refractivity contribution is 6.30. The van der Waals surface area contributed by atoms with Gasteiger partial charge in [-0.3, -0.25) is 19.7 Å². The highest BCUT2D eigenvalue weighted by Crippen LogP contribution is 2.67. The second-order valence-corrected chi connectivity index (χ2v) is 12.5. The molecule has 0 unspecified atom stereocenters. The number of hydrogen-bond donors (Lipinski definition) is 2. The Labute approximate surface area is 226 Å². The number of nitro groups is 1. The Kier molecular flexibility index (Phi) is 6.70. The number of rotatable bonds is 6. The van der Waals surface area contributed by atoms with E-state index in [1.807, 2.05) is 13.0 Å². The molecule has 38 heavy (non-hydrogen) atoms. The molecule has 3 fully saturated rings. The molecule has 0 heterocycles. The fraction of sp³-hybridized carbons (Fsp3) is 0.586. The van der Waals surface area contributed by atoms with Gasteiger partial charge in [0.15, 0.2) is 11.6 Å². The maximum absolute atomic E-state index is 13.5. The van der Waals surface area contributed by atoms with Crippen molar-refractivity contribution in [2.45, 2.75) is 64.8 Å². The summed E-state index contributed by atoms with van der Waals surface area (Å²) in [5.41, 5.74) is -1.80. The van der Waals surface area contributed by atoms with Gasteiger partial charge in [0.2, 0.25) is 0 Å². The van der Waals surface area contributed by atoms with E-state index < -0.39 is 39.8 Å². The van der Waals surface area contributed by atoms with Crippen LogP contribution in [0, 0.1) is 44.6 Å². The second kappa shape index (κ2) is 9.37. The molecule has 4 aliphatic carbocycles. The molecule has 0 saturated heterocycles. The van der Waals surface area contributed by atoms with Crippen molar-refractivity contribution in [3.63, 3.8) is 0 Å². The third-order valence-corrected chi connectivity index (χ3v) is 10.4. The van der Waals surface area contributed by atoms with E-state index in [1.165, 1.54) is 18.2 Å². The van der Waals surface area contributed by atoms with Gasteiger partial charge in [-0.25, -0.2) is 0 Å². The molecule has 5 rings (SSSR count). The summed E-state index contributed by atoms with van der Waals surface area (Å²) in [6, 6.07) is 4.25. The molecule has 2 N–H and O–H groups in total. The van der Waals surface area contributed by atoms with E-state index in [2.05, 4.69) is 13.8 Å². The maximum atomic E-state index is 13.5. The van der Waals surface area contributed by atoms with Crippen molar-refractivity contribution in [3.05, 3.63) is 62.7 Å². The lowest BCUT2D eigenvalue weighted by Gasteiger charge is -2.60. The van der Waals surface area contributed by atoms with Gasteiger partial charge in [0.25, 0.3) is 5.69 Å². The number of halogens is 1. The minimum atomic E-state index is -1.67. The first kappa shape index (κ1) is 27.2. The summed E-state index contributed by atoms with van der Waals surface area (Å²) in [5, 5.41) is 35.0. The van der Waals surface area contributed by atoms with Crippen LogP contribution in [0.25, 0.3) is 0 Å². The summed E-state index contributed by atoms with van der Waals surface area (Å²) < 4.78 is 5.59. The van der Waals surface area contributed by atoms with Gasteiger partial charge >= 0.3 is 0 Å². The quantitative estimate of drug-likeness (QED) is 0.397. The number of aliphatic hydroxyl groups is 2. The van der Waals surface area contributed by atoms with Gasteiger partial charge in [-0.15, -0.1) is 0 Å². The monoisotopic (exact) mass is 543 g/mol. The van der Waals surface area contributed by atoms with Crippen LogP contribution in [0.4, 0.5) is 5.69 Å². The van der Waals surface area contributed by atoms with E-state index >= 15 is 0 Å². The molecule has 204 valence electrons. The van der Waals surface area contributed by atoms with Crippen molar-refractivity contribution < 1.29 is 29.5 Å². The number of nitro benzene ring substituents is 1. The van der Waals surface area contributed by atoms with E-state index in [4.69, 9.17) is 16.3 Å². The molecule has 0 radical (unpaired) electrons. The predicted molar refractivity (Wildman–Crippen MR) is 140 cm³/mol. The SMILES string of the molecule is C[C@H]1C[C@@H]2[C@H]([C@@H](O)C[C@@]3(C)[C@H]2CC[C@]3(O)C(=O)COCc2ccc(Cl)cc2[N+](=O)[O-])[C@@]2(C)C=CC(=O)C=C12. The molecule has 8 nitrogen and oxygen atoms in total. The third-order valence-electron chi connectivity index (χ3n) is 10.2. The molecule has 4 aliphatic rings. The van der Waals surface area contributed by atoms with Crippen LogP contribution in [0.5, 0.6) is 0 Å². The Morgan fingerprint density at radius 2 is 2.05 bits per heavy atom. The van der Waals surface area contributed by atoms with E-state index in [0.29, 0.717) is 6.42 Å². The van der Waals surface area contributed by atoms with Gasteiger partial charge in [0, 0.05) is 27.8 Å². The number of fused-ring (bicyclic) bond motifs is 5. The average molecular weight is 544 g/mol. The first-order chi connectivity index (χ1) is 17.8. The van der Waals surface area contributed by atoms with Crippen LogP contribution in [-0.2, 0) is 20.9 Å². The molecule has 0 bridgehead atoms. The highest BCUT2D eigenvalue weighted by atomic mass is 35.5. The Balaban J connectivity index is 1.35. The summed E-state index contributed by atoms with van der Waals surface area (Å²) in [6.07, 6.45) is 6.48. The van der Waals surface area contributed by atoms with Crippen LogP contribution < -0.4 is 0 Å². The van der Waals surface area contributed by atoms with Gasteiger partial charge in [0.05, 0.1) is 23.2 Å². The van der Waals surface area contributed by atoms with E-state index in [-0.39, 0.29) is 65.2 Å². The number of benzene rings is 1. The average Bonchev–Trinajstić information content (AvgIpc) is 3.12. The van der Waals surface area contributed by atoms with E-state index in [1.54, 1.807) is 12.2 Å². The minimum absolute atomic E-state index is 0.0223. The first-order valence-corrected chi connectivity index (χ1v) is 13.6. The summed E-state index contributed by atoms with van der Waals surface area (Å²) in [7, 11) is 0. The van der Waals surface area contributed by atoms with Crippen LogP contribution in [-0.4, -0.2) is 45.0 Å². The normalized spacial score (nSPS) is 39.7. The van der Waals surface area contributed by atoms with Crippen LogP contribution in [0.15, 0.2) is 42.0 Å². The molecular weight excluding hydrogens is 510 g/mol. The Morgan fingerprint density at radius 1 is 1.32 bits per heavy atom. The zero-order chi connectivity index (χ0) is 27.6. The number of aliphatic hydroxyl groups excluding tert-OH is 1. The summed E-state index contributed by atoms with van der Waals surface area (Å²) in [5.74, 6) is -0.349. The topological polar surface area (TPSA) is 127 Å². The molecule has 0 aromatic heterocycles. The zero-order valence-corrected chi connectivity index (χ0v) is 22.6. The van der Waals surface area contributed by atoms with Crippen molar-refractivity contribution in [2.24, 2.45) is 34.5 Å². The number of ketones is 2. The van der Waals surface area contributed by atoms with Crippen LogP contribution >= 0.6 is 11.6 Å². The van der Waals surface area contributed by atoms with Gasteiger partial charge in [-0.2, -0.15) is 0 Å². The largest absolute Gasteiger partial charge is 0.393 e. The summed E-state index contributed by atoms with van der Waals surface area (Å²) >= 11 is 5.88. The fourth-order valence-corrected chi connectivity index (χ4v) is 8.58. The molecule has 3 saturated carbocycles. The van der Waals surface area contributed by atoms with Gasteiger partial charge in [-0.05, 0) is 67.7 Å². The lowest BCUT2D eigenvalue weighted by atomic mass is 9.45. The number of hydrogen-bond acceptors (Lipinski definition) is 7. The number of ether oxygens (including phenoxy) is 1. The van der Waals surface area contributed by atoms with Crippen molar-refractivity contribution in [2.75, 3.05) is 6.61 Å². The number of Topliss-reactive ketones (excluding diaryl/α,β-unsaturated/α-hetero) is 1. The summed E-state index contributed by atoms with van der Waals surface area (Å²) in [4.78, 5) is 36.4. The smallest absolute Gasteiger partial charge is 0.276 e. The molecule has 0 aliphatic heterocycles. The Bertz CT molecular complexity index is 1260. The van der Waals surface area contributed by atoms with Crippen LogP contribution in [0.2, 0.25) is 5.02 Å². The van der Waals surface area contributed by atoms with Gasteiger partial charge < -0.3 is 14.9 Å². The molecule has 0 amide bonds. The first-order valence-electron chi connectivity index (χ1n) is 13.2. The zero-order valence-electron chi connectivity index (χ0n) is 21.9. The molecule has 8 atom stereocenters. The maximum Gasteiger partial charge on any atom is 0.276 e. The minimum Gasteiger partial charge on any atom is -0.393 e. The van der Waals surface area contributed by atoms with Crippen molar-refractivity contribution in [3.8, 4) is 0 Å². The number of carbonyl (C=O) groups is 2. The summed E-state index contributed by atoms with van der Waals surface area (Å²) in [6.45, 7) is 5.55. The Hall–Kier alpha value is -2.39. The molecular formula is C29H34ClNO7. The number of carbonyl (C=O) groups excluding carboxylic acids is 2. The van der Waals surface area contributed by atoms with Crippen molar-refractivity contribution in [1.29, 1.82) is 0 Å². The van der Waals surface area contributed by atoms with E-state index in [9.17, 15) is 29.9 Å². The molecule has 1 aromatic rings. The molecule has 0 spiro atoms. The lowest BCUT2D eigenvalue weighted by molar-refractivity contribution is -0.385. The van der Waals surface area contributed by atoms with Crippen LogP contribution in [0.1, 0.15) is 52.0 Å². The Morgan fingerprint density at radius 3 is 2.76 bits per heavy atom. The standard InChI is InChI=1S/C29H34ClNO7/c1-16-10-20-21-7-9-29(35,25(34)15-38-14-17-4-5-18(30)11-23(17)31(36)37)28(21,3)13-24(33)26(20)27(2)8-6-19(32)12-22(16)27/h4-6,8,11-12,16,20-21,24,26,33,35H,7,9-10,13-15H2,1-3H3/t16-,20-,21-,24-,26+,27-,28-,29-/m0/s1. The van der Waals surface area contributed by atoms with Crippen molar-refractivity contribution in [1.82, 2.24) is 0 Å².